The third-order valence-corrected chi connectivity index (χ3v) is 3.79. The van der Waals surface area contributed by atoms with Crippen LogP contribution in [-0.2, 0) is 22.5 Å². The van der Waals surface area contributed by atoms with Crippen LogP contribution in [0.5, 0.6) is 0 Å². The molecule has 0 aliphatic carbocycles. The molecule has 0 saturated carbocycles. The molecule has 1 N–H and O–H groups in total. The number of aliphatic hydroxyl groups excluding tert-OH is 1. The number of aliphatic hydroxyl groups is 1. The third-order valence-electron chi connectivity index (χ3n) is 2.65. The van der Waals surface area contributed by atoms with Crippen LogP contribution in [0.1, 0.15) is 17.5 Å². The summed E-state index contributed by atoms with van der Waals surface area (Å²) in [6, 6.07) is 0. The number of hydrogen-bond donors (Lipinski definition) is 1. The third kappa shape index (κ3) is 4.20. The summed E-state index contributed by atoms with van der Waals surface area (Å²) in [5.41, 5.74) is 0.984. The lowest BCUT2D eigenvalue weighted by Gasteiger charge is -2.20. The summed E-state index contributed by atoms with van der Waals surface area (Å²) in [7, 11) is 3.37. The molecule has 1 heterocycles. The van der Waals surface area contributed by atoms with Crippen molar-refractivity contribution in [2.75, 3.05) is 45.4 Å². The van der Waals surface area contributed by atoms with Crippen molar-refractivity contribution in [3.63, 3.8) is 0 Å². The van der Waals surface area contributed by atoms with Gasteiger partial charge in [0.15, 0.2) is 5.13 Å². The molecule has 0 aromatic carbocycles. The summed E-state index contributed by atoms with van der Waals surface area (Å²) in [6.45, 7) is 4.97. The fraction of sp³-hybridized carbons (Fsp3) is 0.750. The largest absolute Gasteiger partial charge is 0.391 e. The average Bonchev–Trinajstić information content (AvgIpc) is 2.82. The van der Waals surface area contributed by atoms with Gasteiger partial charge in [0.05, 0.1) is 30.4 Å². The quantitative estimate of drug-likeness (QED) is 0.735. The molecule has 0 atom stereocenters. The Morgan fingerprint density at radius 3 is 2.22 bits per heavy atom. The number of thiazole rings is 1. The van der Waals surface area contributed by atoms with Crippen molar-refractivity contribution in [1.29, 1.82) is 0 Å². The Hall–Kier alpha value is -0.690. The van der Waals surface area contributed by atoms with E-state index < -0.39 is 0 Å². The van der Waals surface area contributed by atoms with E-state index in [0.717, 1.165) is 35.2 Å². The Kier molecular flexibility index (Phi) is 7.19. The van der Waals surface area contributed by atoms with Crippen molar-refractivity contribution in [1.82, 2.24) is 4.98 Å². The van der Waals surface area contributed by atoms with E-state index >= 15 is 0 Å². The first-order valence-corrected chi connectivity index (χ1v) is 6.90. The van der Waals surface area contributed by atoms with Crippen LogP contribution in [0.2, 0.25) is 0 Å². The molecule has 5 nitrogen and oxygen atoms in total. The predicted octanol–water partition coefficient (Wildman–Crippen LogP) is 1.30. The minimum atomic E-state index is 0.0588. The van der Waals surface area contributed by atoms with Gasteiger partial charge in [0, 0.05) is 27.3 Å². The first kappa shape index (κ1) is 15.4. The van der Waals surface area contributed by atoms with E-state index in [1.807, 2.05) is 6.92 Å². The highest BCUT2D eigenvalue weighted by Gasteiger charge is 2.14. The van der Waals surface area contributed by atoms with E-state index in [9.17, 15) is 5.11 Å². The van der Waals surface area contributed by atoms with Gasteiger partial charge in [-0.2, -0.15) is 0 Å². The molecular weight excluding hydrogens is 252 g/mol. The Morgan fingerprint density at radius 2 is 1.83 bits per heavy atom. The fourth-order valence-corrected chi connectivity index (χ4v) is 2.67. The van der Waals surface area contributed by atoms with E-state index in [4.69, 9.17) is 9.47 Å². The molecule has 18 heavy (non-hydrogen) atoms. The second-order valence-electron chi connectivity index (χ2n) is 3.85. The van der Waals surface area contributed by atoms with Crippen LogP contribution in [0.4, 0.5) is 5.13 Å². The van der Waals surface area contributed by atoms with Crippen molar-refractivity contribution in [3.05, 3.63) is 10.6 Å². The molecule has 0 bridgehead atoms. The molecule has 0 fully saturated rings. The molecule has 0 radical (unpaired) electrons. The first-order valence-electron chi connectivity index (χ1n) is 6.09. The number of hydrogen-bond acceptors (Lipinski definition) is 6. The Morgan fingerprint density at radius 1 is 1.22 bits per heavy atom. The van der Waals surface area contributed by atoms with E-state index in [-0.39, 0.29) is 6.61 Å². The first-order chi connectivity index (χ1) is 8.76. The molecular formula is C12H22N2O3S. The van der Waals surface area contributed by atoms with Gasteiger partial charge in [-0.3, -0.25) is 0 Å². The van der Waals surface area contributed by atoms with Crippen molar-refractivity contribution in [2.24, 2.45) is 0 Å². The molecule has 1 rings (SSSR count). The van der Waals surface area contributed by atoms with Crippen LogP contribution in [-0.4, -0.2) is 50.6 Å². The van der Waals surface area contributed by atoms with Crippen LogP contribution in [0.3, 0.4) is 0 Å². The molecule has 1 aromatic heterocycles. The molecule has 0 aliphatic heterocycles. The number of anilines is 1. The number of aryl methyl sites for hydroxylation is 1. The minimum absolute atomic E-state index is 0.0588. The molecule has 0 spiro atoms. The van der Waals surface area contributed by atoms with E-state index in [0.29, 0.717) is 13.2 Å². The summed E-state index contributed by atoms with van der Waals surface area (Å²) in [4.78, 5) is 7.67. The molecule has 0 saturated heterocycles. The van der Waals surface area contributed by atoms with Crippen LogP contribution in [0, 0.1) is 0 Å². The van der Waals surface area contributed by atoms with Crippen LogP contribution in [0.15, 0.2) is 0 Å². The number of aromatic nitrogens is 1. The Labute approximate surface area is 112 Å². The minimum Gasteiger partial charge on any atom is -0.391 e. The van der Waals surface area contributed by atoms with E-state index in [2.05, 4.69) is 9.88 Å². The van der Waals surface area contributed by atoms with Gasteiger partial charge in [0.25, 0.3) is 0 Å². The lowest BCUT2D eigenvalue weighted by Crippen LogP contribution is -2.30. The van der Waals surface area contributed by atoms with E-state index in [1.54, 1.807) is 25.6 Å². The maximum absolute atomic E-state index is 9.30. The zero-order valence-corrected chi connectivity index (χ0v) is 12.1. The number of nitrogens with zero attached hydrogens (tertiary/aromatic N) is 2. The molecule has 0 amide bonds. The van der Waals surface area contributed by atoms with Gasteiger partial charge in [0.1, 0.15) is 0 Å². The molecule has 104 valence electrons. The monoisotopic (exact) mass is 274 g/mol. The zero-order chi connectivity index (χ0) is 13.4. The van der Waals surface area contributed by atoms with E-state index in [1.165, 1.54) is 0 Å². The normalized spacial score (nSPS) is 10.9. The van der Waals surface area contributed by atoms with Crippen molar-refractivity contribution < 1.29 is 14.6 Å². The zero-order valence-electron chi connectivity index (χ0n) is 11.3. The number of rotatable bonds is 9. The van der Waals surface area contributed by atoms with Crippen molar-refractivity contribution >= 4 is 16.5 Å². The summed E-state index contributed by atoms with van der Waals surface area (Å²) >= 11 is 1.55. The van der Waals surface area contributed by atoms with Gasteiger partial charge in [-0.15, -0.1) is 0 Å². The van der Waals surface area contributed by atoms with Gasteiger partial charge in [-0.05, 0) is 6.42 Å². The Balaban J connectivity index is 2.78. The summed E-state index contributed by atoms with van der Waals surface area (Å²) in [5, 5.41) is 10.2. The second-order valence-corrected chi connectivity index (χ2v) is 4.91. The van der Waals surface area contributed by atoms with Crippen LogP contribution >= 0.6 is 11.3 Å². The highest BCUT2D eigenvalue weighted by atomic mass is 32.1. The Bertz CT molecular complexity index is 315. The topological polar surface area (TPSA) is 54.8 Å². The summed E-state index contributed by atoms with van der Waals surface area (Å²) in [6.07, 6.45) is 0.842. The van der Waals surface area contributed by atoms with Gasteiger partial charge in [-0.25, -0.2) is 4.98 Å². The van der Waals surface area contributed by atoms with Gasteiger partial charge in [-0.1, -0.05) is 18.3 Å². The van der Waals surface area contributed by atoms with Crippen molar-refractivity contribution in [3.8, 4) is 0 Å². The SMILES string of the molecule is CCc1nc(N(CCOC)CCOC)sc1CO. The fourth-order valence-electron chi connectivity index (χ4n) is 1.61. The van der Waals surface area contributed by atoms with Crippen LogP contribution in [0.25, 0.3) is 0 Å². The maximum atomic E-state index is 9.30. The summed E-state index contributed by atoms with van der Waals surface area (Å²) < 4.78 is 10.2. The van der Waals surface area contributed by atoms with Gasteiger partial charge >= 0.3 is 0 Å². The second kappa shape index (κ2) is 8.42. The highest BCUT2D eigenvalue weighted by Crippen LogP contribution is 2.26. The number of ether oxygens (including phenoxy) is 2. The molecule has 0 unspecified atom stereocenters. The summed E-state index contributed by atoms with van der Waals surface area (Å²) in [5.74, 6) is 0. The molecule has 0 aliphatic rings. The lowest BCUT2D eigenvalue weighted by atomic mass is 10.3. The molecule has 1 aromatic rings. The number of methoxy groups -OCH3 is 2. The lowest BCUT2D eigenvalue weighted by molar-refractivity contribution is 0.190. The van der Waals surface area contributed by atoms with Crippen molar-refractivity contribution in [2.45, 2.75) is 20.0 Å². The van der Waals surface area contributed by atoms with Gasteiger partial charge < -0.3 is 19.5 Å². The smallest absolute Gasteiger partial charge is 0.186 e. The highest BCUT2D eigenvalue weighted by molar-refractivity contribution is 7.15. The van der Waals surface area contributed by atoms with Gasteiger partial charge in [0.2, 0.25) is 0 Å². The average molecular weight is 274 g/mol. The standard InChI is InChI=1S/C12H22N2O3S/c1-4-10-11(9-15)18-12(13-10)14(5-7-16-2)6-8-17-3/h15H,4-9H2,1-3H3. The predicted molar refractivity (Wildman–Crippen MR) is 73.4 cm³/mol. The maximum Gasteiger partial charge on any atom is 0.186 e. The molecule has 6 heteroatoms. The van der Waals surface area contributed by atoms with Crippen LogP contribution < -0.4 is 4.90 Å².